The summed E-state index contributed by atoms with van der Waals surface area (Å²) in [5, 5.41) is 13.7. The van der Waals surface area contributed by atoms with E-state index in [1.54, 1.807) is 23.7 Å². The van der Waals surface area contributed by atoms with Crippen LogP contribution >= 0.6 is 11.3 Å². The van der Waals surface area contributed by atoms with Crippen molar-refractivity contribution in [3.63, 3.8) is 0 Å². The van der Waals surface area contributed by atoms with Crippen LogP contribution in [0.4, 0.5) is 10.1 Å². The number of likely N-dealkylation sites (tertiary alicyclic amines) is 1. The number of quaternary nitrogens is 1. The van der Waals surface area contributed by atoms with E-state index in [-0.39, 0.29) is 17.9 Å². The highest BCUT2D eigenvalue weighted by atomic mass is 32.2. The van der Waals surface area contributed by atoms with Gasteiger partial charge < -0.3 is 11.3 Å². The average molecular weight is 517 g/mol. The summed E-state index contributed by atoms with van der Waals surface area (Å²) in [5.74, 6) is -0.511. The van der Waals surface area contributed by atoms with E-state index in [1.807, 2.05) is 19.1 Å². The van der Waals surface area contributed by atoms with Gasteiger partial charge in [0.25, 0.3) is 10.0 Å². The van der Waals surface area contributed by atoms with Crippen LogP contribution in [0.5, 0.6) is 5.75 Å². The van der Waals surface area contributed by atoms with Crippen molar-refractivity contribution >= 4 is 27.0 Å². The van der Waals surface area contributed by atoms with Crippen LogP contribution in [-0.4, -0.2) is 36.4 Å². The summed E-state index contributed by atoms with van der Waals surface area (Å²) in [6.07, 6.45) is 2.93. The number of benzene rings is 2. The van der Waals surface area contributed by atoms with Crippen molar-refractivity contribution < 1.29 is 17.9 Å². The summed E-state index contributed by atoms with van der Waals surface area (Å²) in [7, 11) is -3.68. The molecule has 0 saturated carbocycles. The van der Waals surface area contributed by atoms with Gasteiger partial charge >= 0.3 is 0 Å². The van der Waals surface area contributed by atoms with Crippen LogP contribution in [0, 0.1) is 12.7 Å². The molecule has 0 bridgehead atoms. The van der Waals surface area contributed by atoms with Gasteiger partial charge in [0.1, 0.15) is 5.82 Å². The van der Waals surface area contributed by atoms with Crippen LogP contribution in [0.25, 0.3) is 11.3 Å². The van der Waals surface area contributed by atoms with Gasteiger partial charge in [-0.2, -0.15) is 0 Å². The number of rotatable bonds is 4. The first-order valence-electron chi connectivity index (χ1n) is 11.1. The Kier molecular flexibility index (Phi) is 6.76. The third kappa shape index (κ3) is 4.58. The number of hydrogen-bond acceptors (Lipinski definition) is 6. The molecule has 1 saturated heterocycles. The van der Waals surface area contributed by atoms with Crippen molar-refractivity contribution in [2.75, 3.05) is 10.8 Å². The summed E-state index contributed by atoms with van der Waals surface area (Å²) in [5.41, 5.74) is 3.73. The fourth-order valence-electron chi connectivity index (χ4n) is 5.13. The summed E-state index contributed by atoms with van der Waals surface area (Å²) in [6, 6.07) is 11.2. The molecule has 2 atom stereocenters. The number of piperidine rings is 1. The van der Waals surface area contributed by atoms with E-state index in [1.165, 1.54) is 39.2 Å². The Hall–Kier alpha value is -2.79. The Balaban J connectivity index is 0.00000289. The molecule has 35 heavy (non-hydrogen) atoms. The lowest BCUT2D eigenvalue weighted by atomic mass is 9.83. The Labute approximate surface area is 209 Å². The quantitative estimate of drug-likeness (QED) is 0.535. The second kappa shape index (κ2) is 9.34. The minimum absolute atomic E-state index is 0. The molecule has 186 valence electrons. The monoisotopic (exact) mass is 516 g/mol. The molecule has 5 rings (SSSR count). The largest absolute Gasteiger partial charge is 0.872 e. The van der Waals surface area contributed by atoms with Gasteiger partial charge in [0.05, 0.1) is 22.4 Å². The maximum Gasteiger partial charge on any atom is 0.258 e. The molecule has 1 aromatic heterocycles. The number of sulfonamides is 1. The van der Waals surface area contributed by atoms with Gasteiger partial charge in [-0.25, -0.2) is 17.8 Å². The number of thiazole rings is 1. The Morgan fingerprint density at radius 1 is 1.26 bits per heavy atom. The number of aromatic nitrogens is 1. The zero-order valence-electron chi connectivity index (χ0n) is 19.9. The maximum atomic E-state index is 13.9. The van der Waals surface area contributed by atoms with Gasteiger partial charge in [0.15, 0.2) is 0 Å². The lowest BCUT2D eigenvalue weighted by Gasteiger charge is -2.47. The second-order valence-corrected chi connectivity index (χ2v) is 11.8. The third-order valence-corrected chi connectivity index (χ3v) is 9.11. The lowest BCUT2D eigenvalue weighted by Crippen LogP contribution is -2.56. The first kappa shape index (κ1) is 25.3. The van der Waals surface area contributed by atoms with Gasteiger partial charge in [-0.15, -0.1) is 11.3 Å². The number of hydrogen-bond donors (Lipinski definition) is 1. The van der Waals surface area contributed by atoms with Gasteiger partial charge in [-0.05, 0) is 68.2 Å². The third-order valence-electron chi connectivity index (χ3n) is 6.79. The standard InChI is InChI=1S/C25H26FN3O3S2.H3N/c1-17-14-25(9-11-34(31,32)29(25)21-5-3-4-20(26)13-21)8-10-28(17)15-19-6-7-23(30)22(12-19)24-18(2)33-16-27-24;/h3-7,9,11-13,16-17,30H,8,10,14-15H2,1-2H3;1H3/t17-,25-;/m0./s1. The molecular weight excluding hydrogens is 487 g/mol. The fraction of sp³-hybridized carbons (Fsp3) is 0.320. The summed E-state index contributed by atoms with van der Waals surface area (Å²) in [4.78, 5) is 7.67. The summed E-state index contributed by atoms with van der Waals surface area (Å²) < 4.78 is 41.1. The SMILES string of the molecule is Cc1scnc1-c1cc(CN2CC[C@]3(C=CS(=O)(=O)N3c3cccc(F)c3)C[C@@H]2C)ccc1[O-].[NH4+]. The van der Waals surface area contributed by atoms with Gasteiger partial charge in [0, 0.05) is 29.4 Å². The Bertz CT molecular complexity index is 1370. The molecule has 7 nitrogen and oxygen atoms in total. The molecule has 2 aliphatic heterocycles. The highest BCUT2D eigenvalue weighted by Gasteiger charge is 2.49. The molecule has 10 heteroatoms. The first-order chi connectivity index (χ1) is 16.2. The number of nitrogens with zero attached hydrogens (tertiary/aromatic N) is 3. The highest BCUT2D eigenvalue weighted by Crippen LogP contribution is 2.43. The minimum Gasteiger partial charge on any atom is -0.872 e. The van der Waals surface area contributed by atoms with E-state index in [2.05, 4.69) is 16.8 Å². The van der Waals surface area contributed by atoms with E-state index < -0.39 is 21.4 Å². The van der Waals surface area contributed by atoms with Crippen LogP contribution in [0.15, 0.2) is 59.5 Å². The molecule has 3 heterocycles. The van der Waals surface area contributed by atoms with Crippen molar-refractivity contribution in [3.05, 3.63) is 75.7 Å². The maximum absolute atomic E-state index is 13.9. The lowest BCUT2D eigenvalue weighted by molar-refractivity contribution is -0.267. The number of aryl methyl sites for hydroxylation is 1. The van der Waals surface area contributed by atoms with E-state index in [0.717, 1.165) is 16.1 Å². The topological polar surface area (TPSA) is 113 Å². The smallest absolute Gasteiger partial charge is 0.258 e. The molecule has 1 fully saturated rings. The second-order valence-electron chi connectivity index (χ2n) is 9.06. The molecule has 0 unspecified atom stereocenters. The van der Waals surface area contributed by atoms with Crippen LogP contribution in [0.2, 0.25) is 0 Å². The van der Waals surface area contributed by atoms with Crippen molar-refractivity contribution in [2.24, 2.45) is 0 Å². The van der Waals surface area contributed by atoms with E-state index in [4.69, 9.17) is 0 Å². The molecule has 4 N–H and O–H groups in total. The van der Waals surface area contributed by atoms with Gasteiger partial charge in [-0.3, -0.25) is 9.21 Å². The summed E-state index contributed by atoms with van der Waals surface area (Å²) >= 11 is 1.52. The number of halogens is 1. The first-order valence-corrected chi connectivity index (χ1v) is 13.5. The molecule has 0 radical (unpaired) electrons. The zero-order chi connectivity index (χ0) is 24.1. The van der Waals surface area contributed by atoms with Crippen LogP contribution < -0.4 is 15.6 Å². The predicted octanol–water partition coefficient (Wildman–Crippen LogP) is 4.79. The van der Waals surface area contributed by atoms with Gasteiger partial charge in [0.2, 0.25) is 0 Å². The fourth-order valence-corrected chi connectivity index (χ4v) is 7.41. The van der Waals surface area contributed by atoms with E-state index in [9.17, 15) is 17.9 Å². The van der Waals surface area contributed by atoms with E-state index >= 15 is 0 Å². The number of anilines is 1. The molecule has 0 amide bonds. The Morgan fingerprint density at radius 3 is 2.74 bits per heavy atom. The minimum atomic E-state index is -3.68. The molecule has 2 aromatic carbocycles. The molecule has 0 aliphatic carbocycles. The molecule has 2 aliphatic rings. The van der Waals surface area contributed by atoms with Crippen molar-refractivity contribution in [1.29, 1.82) is 0 Å². The van der Waals surface area contributed by atoms with Crippen LogP contribution in [0.3, 0.4) is 0 Å². The molecular formula is C25H29FN4O3S2. The molecule has 3 aromatic rings. The van der Waals surface area contributed by atoms with Crippen molar-refractivity contribution in [1.82, 2.24) is 16.0 Å². The van der Waals surface area contributed by atoms with Crippen LogP contribution in [0.1, 0.15) is 30.2 Å². The summed E-state index contributed by atoms with van der Waals surface area (Å²) in [6.45, 7) is 5.34. The van der Waals surface area contributed by atoms with Crippen molar-refractivity contribution in [2.45, 2.75) is 44.8 Å². The zero-order valence-corrected chi connectivity index (χ0v) is 21.6. The van der Waals surface area contributed by atoms with Gasteiger partial charge in [-0.1, -0.05) is 23.9 Å². The normalized spacial score (nSPS) is 23.5. The highest BCUT2D eigenvalue weighted by molar-refractivity contribution is 7.96. The average Bonchev–Trinajstić information content (AvgIpc) is 3.31. The molecule has 1 spiro atoms. The van der Waals surface area contributed by atoms with Crippen molar-refractivity contribution in [3.8, 4) is 17.0 Å². The van der Waals surface area contributed by atoms with E-state index in [0.29, 0.717) is 37.2 Å². The Morgan fingerprint density at radius 2 is 2.06 bits per heavy atom. The predicted molar refractivity (Wildman–Crippen MR) is 136 cm³/mol. The van der Waals surface area contributed by atoms with Crippen LogP contribution in [-0.2, 0) is 16.6 Å².